The van der Waals surface area contributed by atoms with Gasteiger partial charge in [0, 0.05) is 23.6 Å². The maximum Gasteiger partial charge on any atom is 0.248 e. The van der Waals surface area contributed by atoms with Gasteiger partial charge in [-0.15, -0.1) is 10.2 Å². The molecule has 0 bridgehead atoms. The SMILES string of the molecule is O=C(Cn1nnc(-c2ccncc2)n1)Nc1ccc(Oc2ccccc2)cc1. The summed E-state index contributed by atoms with van der Waals surface area (Å²) in [6, 6.07) is 20.2. The van der Waals surface area contributed by atoms with Gasteiger partial charge in [-0.2, -0.15) is 4.80 Å². The van der Waals surface area contributed by atoms with E-state index in [4.69, 9.17) is 4.74 Å². The number of rotatable bonds is 6. The van der Waals surface area contributed by atoms with Crippen molar-refractivity contribution in [3.05, 3.63) is 79.1 Å². The molecular formula is C20H16N6O2. The molecule has 1 N–H and O–H groups in total. The number of benzene rings is 2. The molecule has 0 atom stereocenters. The second kappa shape index (κ2) is 8.09. The van der Waals surface area contributed by atoms with Gasteiger partial charge < -0.3 is 10.1 Å². The molecule has 0 fully saturated rings. The van der Waals surface area contributed by atoms with E-state index >= 15 is 0 Å². The van der Waals surface area contributed by atoms with Gasteiger partial charge in [-0.3, -0.25) is 9.78 Å². The van der Waals surface area contributed by atoms with Crippen LogP contribution in [0.15, 0.2) is 79.1 Å². The fourth-order valence-electron chi connectivity index (χ4n) is 2.49. The van der Waals surface area contributed by atoms with Gasteiger partial charge in [0.15, 0.2) is 0 Å². The minimum Gasteiger partial charge on any atom is -0.457 e. The Kier molecular flexibility index (Phi) is 5.01. The van der Waals surface area contributed by atoms with Gasteiger partial charge in [-0.25, -0.2) is 0 Å². The Morgan fingerprint density at radius 2 is 1.64 bits per heavy atom. The molecule has 0 spiro atoms. The summed E-state index contributed by atoms with van der Waals surface area (Å²) in [5.41, 5.74) is 1.44. The third-order valence-electron chi connectivity index (χ3n) is 3.79. The summed E-state index contributed by atoms with van der Waals surface area (Å²) in [7, 11) is 0. The number of amides is 1. The summed E-state index contributed by atoms with van der Waals surface area (Å²) in [5.74, 6) is 1.62. The molecule has 2 heterocycles. The minimum atomic E-state index is -0.254. The smallest absolute Gasteiger partial charge is 0.248 e. The molecule has 0 aliphatic carbocycles. The number of aromatic nitrogens is 5. The Morgan fingerprint density at radius 3 is 2.39 bits per heavy atom. The molecule has 8 heteroatoms. The molecule has 28 heavy (non-hydrogen) atoms. The number of anilines is 1. The number of pyridine rings is 1. The second-order valence-electron chi connectivity index (χ2n) is 5.87. The summed E-state index contributed by atoms with van der Waals surface area (Å²) in [4.78, 5) is 17.4. The fraction of sp³-hybridized carbons (Fsp3) is 0.0500. The minimum absolute atomic E-state index is 0.0413. The summed E-state index contributed by atoms with van der Waals surface area (Å²) in [5, 5.41) is 14.9. The normalized spacial score (nSPS) is 10.4. The molecule has 0 radical (unpaired) electrons. The standard InChI is InChI=1S/C20H16N6O2/c27-19(14-26-24-20(23-25-26)15-10-12-21-13-11-15)22-16-6-8-18(9-7-16)28-17-4-2-1-3-5-17/h1-13H,14H2,(H,22,27). The van der Waals surface area contributed by atoms with Crippen molar-refractivity contribution in [2.24, 2.45) is 0 Å². The molecule has 138 valence electrons. The molecule has 2 aromatic heterocycles. The molecule has 2 aromatic carbocycles. The van der Waals surface area contributed by atoms with E-state index in [0.29, 0.717) is 17.3 Å². The molecule has 4 aromatic rings. The number of ether oxygens (including phenoxy) is 1. The third-order valence-corrected chi connectivity index (χ3v) is 3.79. The first-order valence-corrected chi connectivity index (χ1v) is 8.57. The van der Waals surface area contributed by atoms with Crippen molar-refractivity contribution in [3.63, 3.8) is 0 Å². The average Bonchev–Trinajstić information content (AvgIpc) is 3.19. The van der Waals surface area contributed by atoms with Gasteiger partial charge in [0.2, 0.25) is 11.7 Å². The van der Waals surface area contributed by atoms with Crippen molar-refractivity contribution in [2.45, 2.75) is 6.54 Å². The molecule has 1 amide bonds. The van der Waals surface area contributed by atoms with Gasteiger partial charge in [-0.05, 0) is 53.7 Å². The number of hydrogen-bond acceptors (Lipinski definition) is 6. The van der Waals surface area contributed by atoms with Crippen molar-refractivity contribution in [1.29, 1.82) is 0 Å². The predicted molar refractivity (Wildman–Crippen MR) is 103 cm³/mol. The highest BCUT2D eigenvalue weighted by atomic mass is 16.5. The molecule has 4 rings (SSSR count). The van der Waals surface area contributed by atoms with E-state index in [1.165, 1.54) is 4.80 Å². The van der Waals surface area contributed by atoms with Gasteiger partial charge in [-0.1, -0.05) is 18.2 Å². The van der Waals surface area contributed by atoms with Crippen molar-refractivity contribution >= 4 is 11.6 Å². The van der Waals surface area contributed by atoms with E-state index < -0.39 is 0 Å². The summed E-state index contributed by atoms with van der Waals surface area (Å²) < 4.78 is 5.73. The Bertz CT molecular complexity index is 1050. The number of hydrogen-bond donors (Lipinski definition) is 1. The highest BCUT2D eigenvalue weighted by Crippen LogP contribution is 2.22. The predicted octanol–water partition coefficient (Wildman–Crippen LogP) is 3.17. The van der Waals surface area contributed by atoms with Crippen molar-refractivity contribution in [1.82, 2.24) is 25.2 Å². The first kappa shape index (κ1) is 17.3. The maximum absolute atomic E-state index is 12.2. The molecular weight excluding hydrogens is 356 g/mol. The summed E-state index contributed by atoms with van der Waals surface area (Å²) in [6.07, 6.45) is 3.29. The maximum atomic E-state index is 12.2. The van der Waals surface area contributed by atoms with Gasteiger partial charge in [0.25, 0.3) is 0 Å². The number of carbonyl (C=O) groups is 1. The van der Waals surface area contributed by atoms with Crippen LogP contribution in [-0.2, 0) is 11.3 Å². The number of nitrogens with one attached hydrogen (secondary N) is 1. The molecule has 0 saturated heterocycles. The largest absolute Gasteiger partial charge is 0.457 e. The Balaban J connectivity index is 1.34. The Morgan fingerprint density at radius 1 is 0.929 bits per heavy atom. The van der Waals surface area contributed by atoms with Crippen LogP contribution in [0, 0.1) is 0 Å². The van der Waals surface area contributed by atoms with Crippen LogP contribution >= 0.6 is 0 Å². The zero-order valence-electron chi connectivity index (χ0n) is 14.8. The topological polar surface area (TPSA) is 94.8 Å². The molecule has 0 unspecified atom stereocenters. The molecule has 0 saturated carbocycles. The first-order valence-electron chi connectivity index (χ1n) is 8.57. The molecule has 0 aliphatic heterocycles. The van der Waals surface area contributed by atoms with Crippen LogP contribution in [0.25, 0.3) is 11.4 Å². The van der Waals surface area contributed by atoms with Crippen LogP contribution < -0.4 is 10.1 Å². The van der Waals surface area contributed by atoms with Crippen molar-refractivity contribution in [3.8, 4) is 22.9 Å². The highest BCUT2D eigenvalue weighted by Gasteiger charge is 2.09. The van der Waals surface area contributed by atoms with E-state index in [0.717, 1.165) is 11.3 Å². The number of para-hydroxylation sites is 1. The van der Waals surface area contributed by atoms with Crippen LogP contribution in [0.1, 0.15) is 0 Å². The van der Waals surface area contributed by atoms with E-state index in [-0.39, 0.29) is 12.5 Å². The highest BCUT2D eigenvalue weighted by molar-refractivity contribution is 5.90. The fourth-order valence-corrected chi connectivity index (χ4v) is 2.49. The van der Waals surface area contributed by atoms with Gasteiger partial charge in [0.1, 0.15) is 18.0 Å². The summed E-state index contributed by atoms with van der Waals surface area (Å²) in [6.45, 7) is -0.0413. The zero-order chi connectivity index (χ0) is 19.2. The van der Waals surface area contributed by atoms with E-state index in [1.807, 2.05) is 30.3 Å². The van der Waals surface area contributed by atoms with Gasteiger partial charge >= 0.3 is 0 Å². The lowest BCUT2D eigenvalue weighted by Gasteiger charge is -2.07. The lowest BCUT2D eigenvalue weighted by Crippen LogP contribution is -2.20. The van der Waals surface area contributed by atoms with Crippen molar-refractivity contribution in [2.75, 3.05) is 5.32 Å². The van der Waals surface area contributed by atoms with Crippen molar-refractivity contribution < 1.29 is 9.53 Å². The third kappa shape index (κ3) is 4.36. The zero-order valence-corrected chi connectivity index (χ0v) is 14.8. The first-order chi connectivity index (χ1) is 13.8. The summed E-state index contributed by atoms with van der Waals surface area (Å²) >= 11 is 0. The van der Waals surface area contributed by atoms with Crippen LogP contribution in [0.5, 0.6) is 11.5 Å². The van der Waals surface area contributed by atoms with Crippen LogP contribution in [0.4, 0.5) is 5.69 Å². The molecule has 8 nitrogen and oxygen atoms in total. The van der Waals surface area contributed by atoms with Crippen LogP contribution in [0.2, 0.25) is 0 Å². The Hall–Kier alpha value is -4.07. The quantitative estimate of drug-likeness (QED) is 0.559. The van der Waals surface area contributed by atoms with Crippen LogP contribution in [-0.4, -0.2) is 31.1 Å². The number of carbonyl (C=O) groups excluding carboxylic acids is 1. The number of nitrogens with zero attached hydrogens (tertiary/aromatic N) is 5. The van der Waals surface area contributed by atoms with Gasteiger partial charge in [0.05, 0.1) is 0 Å². The van der Waals surface area contributed by atoms with E-state index in [2.05, 4.69) is 25.7 Å². The Labute approximate surface area is 160 Å². The lowest BCUT2D eigenvalue weighted by molar-refractivity contribution is -0.117. The average molecular weight is 372 g/mol. The number of tetrazole rings is 1. The molecule has 0 aliphatic rings. The monoisotopic (exact) mass is 372 g/mol. The van der Waals surface area contributed by atoms with E-state index in [9.17, 15) is 4.79 Å². The lowest BCUT2D eigenvalue weighted by atomic mass is 10.3. The van der Waals surface area contributed by atoms with Crippen LogP contribution in [0.3, 0.4) is 0 Å². The van der Waals surface area contributed by atoms with E-state index in [1.54, 1.807) is 48.8 Å². The second-order valence-corrected chi connectivity index (χ2v) is 5.87.